The Morgan fingerprint density at radius 2 is 2.13 bits per heavy atom. The van der Waals surface area contributed by atoms with Gasteiger partial charge in [0.15, 0.2) is 0 Å². The van der Waals surface area contributed by atoms with Crippen LogP contribution in [0.3, 0.4) is 0 Å². The summed E-state index contributed by atoms with van der Waals surface area (Å²) in [4.78, 5) is 16.3. The van der Waals surface area contributed by atoms with Crippen LogP contribution in [0.2, 0.25) is 10.0 Å². The van der Waals surface area contributed by atoms with Gasteiger partial charge in [0.2, 0.25) is 5.91 Å². The fourth-order valence-corrected chi connectivity index (χ4v) is 3.09. The molecular formula is C16H13Cl2N3OS. The van der Waals surface area contributed by atoms with Crippen molar-refractivity contribution >= 4 is 46.6 Å². The highest BCUT2D eigenvalue weighted by atomic mass is 35.5. The summed E-state index contributed by atoms with van der Waals surface area (Å²) in [5.74, 6) is 0.336. The normalized spacial score (nSPS) is 10.2. The zero-order valence-corrected chi connectivity index (χ0v) is 14.6. The number of benzene rings is 1. The molecule has 2 aromatic rings. The van der Waals surface area contributed by atoms with E-state index in [-0.39, 0.29) is 12.3 Å². The van der Waals surface area contributed by atoms with E-state index < -0.39 is 0 Å². The monoisotopic (exact) mass is 365 g/mol. The minimum atomic E-state index is -0.173. The number of pyridine rings is 1. The summed E-state index contributed by atoms with van der Waals surface area (Å²) in [6, 6.07) is 10.7. The number of nitriles is 1. The summed E-state index contributed by atoms with van der Waals surface area (Å²) < 4.78 is 0. The first-order valence-corrected chi connectivity index (χ1v) is 8.50. The van der Waals surface area contributed by atoms with Crippen molar-refractivity contribution in [2.24, 2.45) is 0 Å². The van der Waals surface area contributed by atoms with Crippen molar-refractivity contribution in [3.8, 4) is 6.07 Å². The van der Waals surface area contributed by atoms with Crippen molar-refractivity contribution in [1.82, 2.24) is 4.98 Å². The first-order chi connectivity index (χ1) is 11.0. The molecule has 0 aliphatic carbocycles. The number of anilines is 1. The van der Waals surface area contributed by atoms with E-state index in [1.54, 1.807) is 30.3 Å². The van der Waals surface area contributed by atoms with Crippen LogP contribution in [-0.4, -0.2) is 16.6 Å². The predicted molar refractivity (Wildman–Crippen MR) is 94.1 cm³/mol. The Kier molecular flexibility index (Phi) is 6.28. The third-order valence-corrected chi connectivity index (χ3v) is 4.73. The van der Waals surface area contributed by atoms with Gasteiger partial charge >= 0.3 is 0 Å². The zero-order chi connectivity index (χ0) is 16.8. The fourth-order valence-electron chi connectivity index (χ4n) is 1.78. The smallest absolute Gasteiger partial charge is 0.225 e. The maximum Gasteiger partial charge on any atom is 0.225 e. The van der Waals surface area contributed by atoms with Crippen LogP contribution in [0.5, 0.6) is 0 Å². The van der Waals surface area contributed by atoms with Gasteiger partial charge in [-0.25, -0.2) is 4.98 Å². The number of aryl methyl sites for hydroxylation is 1. The molecule has 0 aliphatic rings. The molecule has 0 saturated heterocycles. The lowest BCUT2D eigenvalue weighted by atomic mass is 10.3. The van der Waals surface area contributed by atoms with Crippen LogP contribution in [0.15, 0.2) is 35.4 Å². The number of halogens is 2. The van der Waals surface area contributed by atoms with E-state index in [4.69, 9.17) is 28.5 Å². The van der Waals surface area contributed by atoms with E-state index in [9.17, 15) is 4.79 Å². The molecule has 1 aromatic heterocycles. The fraction of sp³-hybridized carbons (Fsp3) is 0.188. The first-order valence-electron chi connectivity index (χ1n) is 6.75. The number of carbonyl (C=O) groups excluding carboxylic acids is 1. The maximum absolute atomic E-state index is 12.0. The van der Waals surface area contributed by atoms with Gasteiger partial charge in [0.1, 0.15) is 11.1 Å². The average Bonchev–Trinajstić information content (AvgIpc) is 2.52. The summed E-state index contributed by atoms with van der Waals surface area (Å²) in [6.45, 7) is 1.86. The topological polar surface area (TPSA) is 65.8 Å². The highest BCUT2D eigenvalue weighted by Gasteiger charge is 2.10. The number of rotatable bonds is 5. The van der Waals surface area contributed by atoms with Gasteiger partial charge < -0.3 is 5.32 Å². The number of nitrogens with zero attached hydrogens (tertiary/aromatic N) is 2. The Labute approximate surface area is 148 Å². The molecule has 1 aromatic carbocycles. The van der Waals surface area contributed by atoms with Crippen LogP contribution in [0.1, 0.15) is 17.7 Å². The molecule has 23 heavy (non-hydrogen) atoms. The molecule has 0 aliphatic heterocycles. The molecule has 1 amide bonds. The molecule has 0 bridgehead atoms. The van der Waals surface area contributed by atoms with E-state index in [1.807, 2.05) is 6.92 Å². The highest BCUT2D eigenvalue weighted by Crippen LogP contribution is 2.29. The third-order valence-electron chi connectivity index (χ3n) is 2.91. The van der Waals surface area contributed by atoms with E-state index in [2.05, 4.69) is 16.4 Å². The lowest BCUT2D eigenvalue weighted by molar-refractivity contribution is -0.115. The molecule has 4 nitrogen and oxygen atoms in total. The summed E-state index contributed by atoms with van der Waals surface area (Å²) in [7, 11) is 0. The largest absolute Gasteiger partial charge is 0.325 e. The maximum atomic E-state index is 12.0. The highest BCUT2D eigenvalue weighted by molar-refractivity contribution is 7.99. The Hall–Kier alpha value is -1.74. The van der Waals surface area contributed by atoms with Gasteiger partial charge in [-0.1, -0.05) is 29.3 Å². The van der Waals surface area contributed by atoms with Crippen molar-refractivity contribution in [3.63, 3.8) is 0 Å². The Morgan fingerprint density at radius 1 is 1.35 bits per heavy atom. The quantitative estimate of drug-likeness (QED) is 0.780. The van der Waals surface area contributed by atoms with Crippen molar-refractivity contribution < 1.29 is 4.79 Å². The van der Waals surface area contributed by atoms with E-state index in [0.29, 0.717) is 32.1 Å². The second-order valence-corrected chi connectivity index (χ2v) is 6.53. The molecule has 0 radical (unpaired) electrons. The van der Waals surface area contributed by atoms with Crippen LogP contribution in [0.4, 0.5) is 5.69 Å². The SMILES string of the molecule is Cc1ccc(C#N)c(SCCC(=O)Nc2cccc(Cl)c2Cl)n1. The summed E-state index contributed by atoms with van der Waals surface area (Å²) >= 11 is 13.3. The van der Waals surface area contributed by atoms with Crippen molar-refractivity contribution in [3.05, 3.63) is 51.6 Å². The summed E-state index contributed by atoms with van der Waals surface area (Å²) in [6.07, 6.45) is 0.272. The minimum Gasteiger partial charge on any atom is -0.325 e. The Morgan fingerprint density at radius 3 is 2.87 bits per heavy atom. The second-order valence-electron chi connectivity index (χ2n) is 4.67. The van der Waals surface area contributed by atoms with Gasteiger partial charge in [-0.3, -0.25) is 4.79 Å². The van der Waals surface area contributed by atoms with Gasteiger partial charge in [-0.2, -0.15) is 5.26 Å². The molecule has 0 atom stereocenters. The van der Waals surface area contributed by atoms with Gasteiger partial charge in [0.25, 0.3) is 0 Å². The van der Waals surface area contributed by atoms with Crippen LogP contribution >= 0.6 is 35.0 Å². The number of thioether (sulfide) groups is 1. The number of hydrogen-bond donors (Lipinski definition) is 1. The molecule has 1 heterocycles. The van der Waals surface area contributed by atoms with Gasteiger partial charge in [-0.05, 0) is 31.2 Å². The number of amides is 1. The van der Waals surface area contributed by atoms with Crippen LogP contribution in [0, 0.1) is 18.3 Å². The number of hydrogen-bond acceptors (Lipinski definition) is 4. The van der Waals surface area contributed by atoms with Gasteiger partial charge in [0.05, 0.1) is 21.3 Å². The van der Waals surface area contributed by atoms with Crippen molar-refractivity contribution in [2.75, 3.05) is 11.1 Å². The molecule has 1 N–H and O–H groups in total. The molecular weight excluding hydrogens is 353 g/mol. The summed E-state index contributed by atoms with van der Waals surface area (Å²) in [5, 5.41) is 13.1. The van der Waals surface area contributed by atoms with E-state index in [1.165, 1.54) is 11.8 Å². The second kappa shape index (κ2) is 8.21. The third kappa shape index (κ3) is 4.87. The molecule has 0 saturated carbocycles. The van der Waals surface area contributed by atoms with E-state index >= 15 is 0 Å². The lowest BCUT2D eigenvalue weighted by Crippen LogP contribution is -2.12. The Bertz CT molecular complexity index is 774. The minimum absolute atomic E-state index is 0.173. The molecule has 0 spiro atoms. The lowest BCUT2D eigenvalue weighted by Gasteiger charge is -2.08. The Balaban J connectivity index is 1.92. The van der Waals surface area contributed by atoms with Gasteiger partial charge in [0, 0.05) is 17.9 Å². The first kappa shape index (κ1) is 17.6. The van der Waals surface area contributed by atoms with Crippen LogP contribution in [-0.2, 0) is 4.79 Å². The van der Waals surface area contributed by atoms with Crippen molar-refractivity contribution in [1.29, 1.82) is 5.26 Å². The zero-order valence-electron chi connectivity index (χ0n) is 12.3. The molecule has 0 fully saturated rings. The van der Waals surface area contributed by atoms with Crippen LogP contribution < -0.4 is 5.32 Å². The number of nitrogens with one attached hydrogen (secondary N) is 1. The molecule has 2 rings (SSSR count). The van der Waals surface area contributed by atoms with E-state index in [0.717, 1.165) is 5.69 Å². The predicted octanol–water partition coefficient (Wildman–Crippen LogP) is 4.69. The van der Waals surface area contributed by atoms with Gasteiger partial charge in [-0.15, -0.1) is 11.8 Å². The molecule has 118 valence electrons. The van der Waals surface area contributed by atoms with Crippen molar-refractivity contribution in [2.45, 2.75) is 18.4 Å². The average molecular weight is 366 g/mol. The van der Waals surface area contributed by atoms with Crippen LogP contribution in [0.25, 0.3) is 0 Å². The standard InChI is InChI=1S/C16H13Cl2N3OS/c1-10-5-6-11(9-19)16(20-10)23-8-7-14(22)21-13-4-2-3-12(17)15(13)18/h2-6H,7-8H2,1H3,(H,21,22). The molecule has 0 unspecified atom stereocenters. The summed E-state index contributed by atoms with van der Waals surface area (Å²) in [5.41, 5.74) is 1.83. The number of carbonyl (C=O) groups is 1. The molecule has 7 heteroatoms. The number of aromatic nitrogens is 1.